The third-order valence-corrected chi connectivity index (χ3v) is 3.88. The molecular formula is C14H11Br2FO2. The van der Waals surface area contributed by atoms with Gasteiger partial charge in [0, 0.05) is 10.5 Å². The zero-order valence-electron chi connectivity index (χ0n) is 10.0. The molecule has 2 nitrogen and oxygen atoms in total. The first-order chi connectivity index (χ1) is 8.97. The van der Waals surface area contributed by atoms with Crippen molar-refractivity contribution in [2.75, 3.05) is 0 Å². The number of hydrogen-bond donors (Lipinski definition) is 1. The summed E-state index contributed by atoms with van der Waals surface area (Å²) in [5.74, 6) is 0.595. The Morgan fingerprint density at radius 3 is 2.47 bits per heavy atom. The molecule has 0 aliphatic heterocycles. The molecule has 0 amide bonds. The van der Waals surface area contributed by atoms with Crippen LogP contribution in [0.1, 0.15) is 18.6 Å². The Bertz CT molecular complexity index is 600. The topological polar surface area (TPSA) is 29.5 Å². The third-order valence-electron chi connectivity index (χ3n) is 2.54. The fraction of sp³-hybridized carbons (Fsp3) is 0.143. The highest BCUT2D eigenvalue weighted by molar-refractivity contribution is 9.10. The van der Waals surface area contributed by atoms with E-state index >= 15 is 0 Å². The average molecular weight is 390 g/mol. The summed E-state index contributed by atoms with van der Waals surface area (Å²) in [6.45, 7) is 1.68. The first-order valence-corrected chi connectivity index (χ1v) is 7.16. The summed E-state index contributed by atoms with van der Waals surface area (Å²) >= 11 is 6.67. The van der Waals surface area contributed by atoms with Gasteiger partial charge in [0.25, 0.3) is 0 Å². The van der Waals surface area contributed by atoms with Crippen molar-refractivity contribution in [1.82, 2.24) is 0 Å². The molecule has 0 aliphatic rings. The average Bonchev–Trinajstić information content (AvgIpc) is 2.33. The Morgan fingerprint density at radius 1 is 1.11 bits per heavy atom. The van der Waals surface area contributed by atoms with Gasteiger partial charge in [0.1, 0.15) is 17.3 Å². The van der Waals surface area contributed by atoms with E-state index in [0.29, 0.717) is 16.0 Å². The van der Waals surface area contributed by atoms with Crippen LogP contribution in [0, 0.1) is 5.82 Å². The number of ether oxygens (including phenoxy) is 1. The molecule has 100 valence electrons. The predicted molar refractivity (Wildman–Crippen MR) is 78.9 cm³/mol. The van der Waals surface area contributed by atoms with Crippen molar-refractivity contribution in [2.24, 2.45) is 0 Å². The zero-order chi connectivity index (χ0) is 14.0. The van der Waals surface area contributed by atoms with Gasteiger partial charge in [-0.2, -0.15) is 0 Å². The molecule has 2 aromatic rings. The molecule has 0 unspecified atom stereocenters. The zero-order valence-corrected chi connectivity index (χ0v) is 13.2. The second-order valence-electron chi connectivity index (χ2n) is 4.04. The summed E-state index contributed by atoms with van der Waals surface area (Å²) in [6, 6.07) is 9.47. The van der Waals surface area contributed by atoms with Crippen LogP contribution < -0.4 is 4.74 Å². The Morgan fingerprint density at radius 2 is 1.84 bits per heavy atom. The summed E-state index contributed by atoms with van der Waals surface area (Å²) < 4.78 is 20.2. The van der Waals surface area contributed by atoms with Gasteiger partial charge < -0.3 is 9.84 Å². The van der Waals surface area contributed by atoms with Gasteiger partial charge >= 0.3 is 0 Å². The molecule has 0 saturated carbocycles. The Labute approximate surface area is 127 Å². The molecular weight excluding hydrogens is 379 g/mol. The minimum Gasteiger partial charge on any atom is -0.456 e. The number of benzene rings is 2. The maximum Gasteiger partial charge on any atom is 0.144 e. The molecule has 0 saturated heterocycles. The molecule has 0 aromatic heterocycles. The molecule has 0 spiro atoms. The Kier molecular flexibility index (Phi) is 4.60. The van der Waals surface area contributed by atoms with Gasteiger partial charge in [-0.3, -0.25) is 0 Å². The SMILES string of the molecule is C[C@H](O)c1ccc(Oc2cc(F)ccc2Br)cc1Br. The Hall–Kier alpha value is -0.910. The quantitative estimate of drug-likeness (QED) is 0.781. The molecule has 0 bridgehead atoms. The molecule has 2 aromatic carbocycles. The molecule has 0 radical (unpaired) electrons. The van der Waals surface area contributed by atoms with Crippen molar-refractivity contribution in [3.8, 4) is 11.5 Å². The number of hydrogen-bond acceptors (Lipinski definition) is 2. The van der Waals surface area contributed by atoms with E-state index in [1.165, 1.54) is 12.1 Å². The highest BCUT2D eigenvalue weighted by Gasteiger charge is 2.09. The molecule has 5 heteroatoms. The lowest BCUT2D eigenvalue weighted by atomic mass is 10.1. The van der Waals surface area contributed by atoms with Crippen molar-refractivity contribution in [1.29, 1.82) is 0 Å². The van der Waals surface area contributed by atoms with Crippen molar-refractivity contribution < 1.29 is 14.2 Å². The van der Waals surface area contributed by atoms with Crippen molar-refractivity contribution in [3.63, 3.8) is 0 Å². The fourth-order valence-electron chi connectivity index (χ4n) is 1.59. The maximum atomic E-state index is 13.2. The van der Waals surface area contributed by atoms with E-state index in [9.17, 15) is 9.50 Å². The van der Waals surface area contributed by atoms with Gasteiger partial charge in [-0.15, -0.1) is 0 Å². The second-order valence-corrected chi connectivity index (χ2v) is 5.74. The molecule has 0 fully saturated rings. The van der Waals surface area contributed by atoms with E-state index < -0.39 is 6.10 Å². The van der Waals surface area contributed by atoms with Gasteiger partial charge in [-0.1, -0.05) is 22.0 Å². The summed E-state index contributed by atoms with van der Waals surface area (Å²) in [6.07, 6.45) is -0.565. The normalized spacial score (nSPS) is 12.3. The molecule has 0 aliphatic carbocycles. The predicted octanol–water partition coefficient (Wildman–Crippen LogP) is 5.20. The number of rotatable bonds is 3. The molecule has 19 heavy (non-hydrogen) atoms. The largest absolute Gasteiger partial charge is 0.456 e. The van der Waals surface area contributed by atoms with Crippen LogP contribution in [0.2, 0.25) is 0 Å². The summed E-state index contributed by atoms with van der Waals surface area (Å²) in [4.78, 5) is 0. The van der Waals surface area contributed by atoms with Crippen molar-refractivity contribution in [2.45, 2.75) is 13.0 Å². The van der Waals surface area contributed by atoms with Crippen LogP contribution in [0.3, 0.4) is 0 Å². The number of aliphatic hydroxyl groups is 1. The second kappa shape index (κ2) is 6.03. The van der Waals surface area contributed by atoms with E-state index in [4.69, 9.17) is 4.74 Å². The smallest absolute Gasteiger partial charge is 0.144 e. The van der Waals surface area contributed by atoms with Gasteiger partial charge in [-0.25, -0.2) is 4.39 Å². The minimum atomic E-state index is -0.565. The van der Waals surface area contributed by atoms with E-state index in [0.717, 1.165) is 10.0 Å². The van der Waals surface area contributed by atoms with Gasteiger partial charge in [0.15, 0.2) is 0 Å². The lowest BCUT2D eigenvalue weighted by molar-refractivity contribution is 0.198. The van der Waals surface area contributed by atoms with E-state index in [-0.39, 0.29) is 5.82 Å². The van der Waals surface area contributed by atoms with Gasteiger partial charge in [0.05, 0.1) is 10.6 Å². The van der Waals surface area contributed by atoms with Crippen LogP contribution in [0.5, 0.6) is 11.5 Å². The summed E-state index contributed by atoms with van der Waals surface area (Å²) in [5.41, 5.74) is 0.769. The fourth-order valence-corrected chi connectivity index (χ4v) is 2.61. The molecule has 1 N–H and O–H groups in total. The van der Waals surface area contributed by atoms with Crippen LogP contribution in [-0.2, 0) is 0 Å². The monoisotopic (exact) mass is 388 g/mol. The Balaban J connectivity index is 2.29. The highest BCUT2D eigenvalue weighted by atomic mass is 79.9. The van der Waals surface area contributed by atoms with Gasteiger partial charge in [0.2, 0.25) is 0 Å². The molecule has 0 heterocycles. The van der Waals surface area contributed by atoms with E-state index in [1.54, 1.807) is 31.2 Å². The standard InChI is InChI=1S/C14H11Br2FO2/c1-8(18)11-4-3-10(7-13(11)16)19-14-6-9(17)2-5-12(14)15/h2-8,18H,1H3/t8-/m0/s1. The van der Waals surface area contributed by atoms with Crippen LogP contribution in [0.15, 0.2) is 45.3 Å². The van der Waals surface area contributed by atoms with Crippen LogP contribution in [0.25, 0.3) is 0 Å². The first kappa shape index (κ1) is 14.5. The minimum absolute atomic E-state index is 0.363. The summed E-state index contributed by atoms with van der Waals surface area (Å²) in [7, 11) is 0. The number of halogens is 3. The van der Waals surface area contributed by atoms with E-state index in [1.807, 2.05) is 0 Å². The molecule has 1 atom stereocenters. The molecule has 2 rings (SSSR count). The van der Waals surface area contributed by atoms with Crippen LogP contribution in [-0.4, -0.2) is 5.11 Å². The highest BCUT2D eigenvalue weighted by Crippen LogP contribution is 2.33. The van der Waals surface area contributed by atoms with Crippen LogP contribution in [0.4, 0.5) is 4.39 Å². The first-order valence-electron chi connectivity index (χ1n) is 5.58. The van der Waals surface area contributed by atoms with E-state index in [2.05, 4.69) is 31.9 Å². The lowest BCUT2D eigenvalue weighted by Crippen LogP contribution is -1.93. The number of aliphatic hydroxyl groups excluding tert-OH is 1. The van der Waals surface area contributed by atoms with Gasteiger partial charge in [-0.05, 0) is 52.7 Å². The maximum absolute atomic E-state index is 13.2. The lowest BCUT2D eigenvalue weighted by Gasteiger charge is -2.11. The van der Waals surface area contributed by atoms with Crippen LogP contribution >= 0.6 is 31.9 Å². The third kappa shape index (κ3) is 3.55. The van der Waals surface area contributed by atoms with Crippen molar-refractivity contribution >= 4 is 31.9 Å². The summed E-state index contributed by atoms with van der Waals surface area (Å²) in [5, 5.41) is 9.54. The van der Waals surface area contributed by atoms with Crippen molar-refractivity contribution in [3.05, 3.63) is 56.7 Å².